The molecule has 0 unspecified atom stereocenters. The van der Waals surface area contributed by atoms with Crippen molar-refractivity contribution in [2.75, 3.05) is 0 Å². The average molecular weight is 403 g/mol. The summed E-state index contributed by atoms with van der Waals surface area (Å²) in [4.78, 5) is 13.0. The minimum Gasteiger partial charge on any atom is -0.343 e. The van der Waals surface area contributed by atoms with E-state index in [2.05, 4.69) is 4.72 Å². The number of hydrogen-bond donors (Lipinski definition) is 1. The molecule has 0 saturated carbocycles. The van der Waals surface area contributed by atoms with Crippen molar-refractivity contribution in [3.05, 3.63) is 88.2 Å². The highest BCUT2D eigenvalue weighted by Gasteiger charge is 2.20. The molecule has 2 aromatic carbocycles. The second-order valence-corrected chi connectivity index (χ2v) is 8.40. The van der Waals surface area contributed by atoms with E-state index < -0.39 is 10.0 Å². The van der Waals surface area contributed by atoms with Gasteiger partial charge in [0.15, 0.2) is 0 Å². The lowest BCUT2D eigenvalue weighted by atomic mass is 10.1. The lowest BCUT2D eigenvalue weighted by molar-refractivity contribution is 0.103. The monoisotopic (exact) mass is 402 g/mol. The Balaban J connectivity index is 1.84. The molecule has 140 valence electrons. The van der Waals surface area contributed by atoms with E-state index in [1.54, 1.807) is 54.1 Å². The van der Waals surface area contributed by atoms with E-state index in [9.17, 15) is 13.2 Å². The van der Waals surface area contributed by atoms with Gasteiger partial charge in [0.1, 0.15) is 0 Å². The highest BCUT2D eigenvalue weighted by molar-refractivity contribution is 7.89. The van der Waals surface area contributed by atoms with Gasteiger partial charge in [0.2, 0.25) is 15.8 Å². The molecule has 1 heterocycles. The fraction of sp³-hybridized carbons (Fsp3) is 0.150. The summed E-state index contributed by atoms with van der Waals surface area (Å²) in [6, 6.07) is 16.7. The number of halogens is 1. The summed E-state index contributed by atoms with van der Waals surface area (Å²) in [6.45, 7) is 1.92. The zero-order chi connectivity index (χ0) is 19.6. The minimum atomic E-state index is -3.62. The first-order valence-electron chi connectivity index (χ1n) is 8.30. The van der Waals surface area contributed by atoms with Crippen LogP contribution in [0.2, 0.25) is 5.02 Å². The van der Waals surface area contributed by atoms with Crippen molar-refractivity contribution in [1.82, 2.24) is 9.29 Å². The maximum absolute atomic E-state index is 12.8. The Kier molecular flexibility index (Phi) is 5.51. The number of nitrogens with zero attached hydrogens (tertiary/aromatic N) is 1. The summed E-state index contributed by atoms with van der Waals surface area (Å²) in [5, 5.41) is 0.561. The van der Waals surface area contributed by atoms with Crippen molar-refractivity contribution >= 4 is 27.4 Å². The van der Waals surface area contributed by atoms with Gasteiger partial charge in [0.05, 0.1) is 17.1 Å². The average Bonchev–Trinajstić information content (AvgIpc) is 2.94. The van der Waals surface area contributed by atoms with E-state index in [0.29, 0.717) is 22.0 Å². The fourth-order valence-electron chi connectivity index (χ4n) is 2.91. The van der Waals surface area contributed by atoms with Crippen molar-refractivity contribution in [2.24, 2.45) is 7.05 Å². The van der Waals surface area contributed by atoms with Gasteiger partial charge in [0, 0.05) is 23.3 Å². The minimum absolute atomic E-state index is 0.0858. The largest absolute Gasteiger partial charge is 0.343 e. The molecule has 0 aliphatic rings. The van der Waals surface area contributed by atoms with E-state index in [4.69, 9.17) is 11.6 Å². The van der Waals surface area contributed by atoms with Crippen LogP contribution in [0.5, 0.6) is 0 Å². The lowest BCUT2D eigenvalue weighted by Gasteiger charge is -2.10. The standard InChI is InChI=1S/C20H19ClN2O3S/c1-14-12-17(13-22-27(25,26)18-6-4-3-5-7-18)23(2)19(14)20(24)15-8-10-16(21)11-9-15/h3-12,22H,13H2,1-2H3. The number of ketones is 1. The first-order valence-corrected chi connectivity index (χ1v) is 10.2. The third-order valence-corrected chi connectivity index (χ3v) is 6.01. The normalized spacial score (nSPS) is 11.5. The van der Waals surface area contributed by atoms with Gasteiger partial charge in [0.25, 0.3) is 0 Å². The number of carbonyl (C=O) groups excluding carboxylic acids is 1. The van der Waals surface area contributed by atoms with Gasteiger partial charge in [-0.15, -0.1) is 0 Å². The molecule has 0 amide bonds. The summed E-state index contributed by atoms with van der Waals surface area (Å²) in [5.41, 5.74) is 2.53. The third-order valence-electron chi connectivity index (χ3n) is 4.34. The molecule has 7 heteroatoms. The van der Waals surface area contributed by atoms with Crippen molar-refractivity contribution in [3.63, 3.8) is 0 Å². The quantitative estimate of drug-likeness (QED) is 0.639. The van der Waals surface area contributed by atoms with E-state index in [0.717, 1.165) is 5.56 Å². The SMILES string of the molecule is Cc1cc(CNS(=O)(=O)c2ccccc2)n(C)c1C(=O)c1ccc(Cl)cc1. The number of carbonyl (C=O) groups is 1. The smallest absolute Gasteiger partial charge is 0.240 e. The Morgan fingerprint density at radius 3 is 2.33 bits per heavy atom. The van der Waals surface area contributed by atoms with Crippen LogP contribution in [0, 0.1) is 6.92 Å². The molecule has 0 atom stereocenters. The van der Waals surface area contributed by atoms with Crippen LogP contribution in [-0.4, -0.2) is 18.8 Å². The molecule has 5 nitrogen and oxygen atoms in total. The number of benzene rings is 2. The van der Waals surface area contributed by atoms with Gasteiger partial charge in [-0.1, -0.05) is 29.8 Å². The number of hydrogen-bond acceptors (Lipinski definition) is 3. The Morgan fingerprint density at radius 1 is 1.07 bits per heavy atom. The molecule has 0 aliphatic carbocycles. The van der Waals surface area contributed by atoms with Gasteiger partial charge < -0.3 is 4.57 Å². The zero-order valence-electron chi connectivity index (χ0n) is 14.9. The molecule has 1 aromatic heterocycles. The summed E-state index contributed by atoms with van der Waals surface area (Å²) in [7, 11) is -1.87. The molecule has 3 aromatic rings. The molecule has 1 N–H and O–H groups in total. The van der Waals surface area contributed by atoms with Crippen LogP contribution in [-0.2, 0) is 23.6 Å². The maximum Gasteiger partial charge on any atom is 0.240 e. The lowest BCUT2D eigenvalue weighted by Crippen LogP contribution is -2.24. The first kappa shape index (κ1) is 19.4. The highest BCUT2D eigenvalue weighted by atomic mass is 35.5. The number of aromatic nitrogens is 1. The fourth-order valence-corrected chi connectivity index (χ4v) is 4.06. The van der Waals surface area contributed by atoms with Crippen molar-refractivity contribution < 1.29 is 13.2 Å². The second-order valence-electron chi connectivity index (χ2n) is 6.20. The second kappa shape index (κ2) is 7.68. The molecule has 0 spiro atoms. The van der Waals surface area contributed by atoms with Crippen molar-refractivity contribution in [1.29, 1.82) is 0 Å². The number of rotatable bonds is 6. The Hall–Kier alpha value is -2.41. The van der Waals surface area contributed by atoms with Gasteiger partial charge >= 0.3 is 0 Å². The third kappa shape index (κ3) is 4.13. The first-order chi connectivity index (χ1) is 12.8. The van der Waals surface area contributed by atoms with E-state index in [-0.39, 0.29) is 17.2 Å². The van der Waals surface area contributed by atoms with Crippen LogP contribution < -0.4 is 4.72 Å². The zero-order valence-corrected chi connectivity index (χ0v) is 16.5. The van der Waals surface area contributed by atoms with Crippen LogP contribution >= 0.6 is 11.6 Å². The molecular weight excluding hydrogens is 384 g/mol. The Bertz CT molecular complexity index is 1070. The number of nitrogens with one attached hydrogen (secondary N) is 1. The van der Waals surface area contributed by atoms with Gasteiger partial charge in [-0.25, -0.2) is 13.1 Å². The molecule has 0 saturated heterocycles. The maximum atomic E-state index is 12.8. The van der Waals surface area contributed by atoms with Gasteiger partial charge in [-0.05, 0) is 55.0 Å². The van der Waals surface area contributed by atoms with Crippen molar-refractivity contribution in [3.8, 4) is 0 Å². The Morgan fingerprint density at radius 2 is 1.70 bits per heavy atom. The molecule has 3 rings (SSSR count). The topological polar surface area (TPSA) is 68.2 Å². The van der Waals surface area contributed by atoms with Crippen LogP contribution in [0.4, 0.5) is 0 Å². The van der Waals surface area contributed by atoms with Gasteiger partial charge in [-0.3, -0.25) is 4.79 Å². The predicted molar refractivity (Wildman–Crippen MR) is 106 cm³/mol. The summed E-state index contributed by atoms with van der Waals surface area (Å²) in [5.74, 6) is -0.135. The molecule has 0 fully saturated rings. The van der Waals surface area contributed by atoms with Crippen molar-refractivity contribution in [2.45, 2.75) is 18.4 Å². The number of sulfonamides is 1. The Labute approximate surface area is 163 Å². The molecule has 0 bridgehead atoms. The summed E-state index contributed by atoms with van der Waals surface area (Å²) in [6.07, 6.45) is 0. The number of aryl methyl sites for hydroxylation is 1. The summed E-state index contributed by atoms with van der Waals surface area (Å²) >= 11 is 5.88. The predicted octanol–water partition coefficient (Wildman–Crippen LogP) is 3.70. The summed E-state index contributed by atoms with van der Waals surface area (Å²) < 4.78 is 29.1. The van der Waals surface area contributed by atoms with E-state index in [1.165, 1.54) is 12.1 Å². The van der Waals surface area contributed by atoms with Crippen LogP contribution in [0.1, 0.15) is 27.3 Å². The molecular formula is C20H19ClN2O3S. The van der Waals surface area contributed by atoms with Crippen LogP contribution in [0.25, 0.3) is 0 Å². The van der Waals surface area contributed by atoms with Crippen LogP contribution in [0.3, 0.4) is 0 Å². The van der Waals surface area contributed by atoms with E-state index in [1.807, 2.05) is 13.0 Å². The molecule has 0 aliphatic heterocycles. The highest BCUT2D eigenvalue weighted by Crippen LogP contribution is 2.20. The molecule has 0 radical (unpaired) electrons. The molecule has 27 heavy (non-hydrogen) atoms. The van der Waals surface area contributed by atoms with Crippen LogP contribution in [0.15, 0.2) is 65.6 Å². The van der Waals surface area contributed by atoms with Gasteiger partial charge in [-0.2, -0.15) is 0 Å². The van der Waals surface area contributed by atoms with E-state index >= 15 is 0 Å².